The van der Waals surface area contributed by atoms with Crippen molar-refractivity contribution in [3.63, 3.8) is 0 Å². The van der Waals surface area contributed by atoms with E-state index in [9.17, 15) is 0 Å². The predicted molar refractivity (Wildman–Crippen MR) is 75.7 cm³/mol. The molecule has 0 saturated carbocycles. The largest absolute Gasteiger partial charge is 0.0654 e. The minimum absolute atomic E-state index is 0.864. The molecule has 0 aliphatic rings. The van der Waals surface area contributed by atoms with Gasteiger partial charge >= 0.3 is 0 Å². The van der Waals surface area contributed by atoms with Crippen LogP contribution < -0.4 is 0 Å². The molecule has 0 aromatic carbocycles. The smallest absolute Gasteiger partial charge is 0.0386 e. The van der Waals surface area contributed by atoms with Crippen molar-refractivity contribution in [2.24, 2.45) is 23.7 Å². The number of hydrogen-bond donors (Lipinski definition) is 0. The molecule has 0 saturated heterocycles. The van der Waals surface area contributed by atoms with Crippen LogP contribution in [0.5, 0.6) is 0 Å². The third-order valence-electron chi connectivity index (χ3n) is 3.71. The van der Waals surface area contributed by atoms with E-state index in [2.05, 4.69) is 41.5 Å². The van der Waals surface area contributed by atoms with Crippen molar-refractivity contribution in [1.29, 1.82) is 0 Å². The van der Waals surface area contributed by atoms with E-state index in [-0.39, 0.29) is 0 Å². The van der Waals surface area contributed by atoms with Crippen LogP contribution >= 0.6 is 0 Å². The zero-order valence-electron chi connectivity index (χ0n) is 12.6. The highest BCUT2D eigenvalue weighted by atomic mass is 14.2. The van der Waals surface area contributed by atoms with Crippen LogP contribution in [0.25, 0.3) is 0 Å². The van der Waals surface area contributed by atoms with Crippen LogP contribution in [0, 0.1) is 23.7 Å². The molecule has 0 amide bonds. The first kappa shape index (κ1) is 16.0. The molecule has 0 aromatic heterocycles. The van der Waals surface area contributed by atoms with Gasteiger partial charge in [0.15, 0.2) is 0 Å². The second kappa shape index (κ2) is 9.07. The van der Waals surface area contributed by atoms with E-state index in [1.807, 2.05) is 0 Å². The Kier molecular flexibility index (Phi) is 9.07. The van der Waals surface area contributed by atoms with E-state index >= 15 is 0 Å². The van der Waals surface area contributed by atoms with Gasteiger partial charge in [-0.05, 0) is 30.1 Å². The minimum Gasteiger partial charge on any atom is -0.0654 e. The van der Waals surface area contributed by atoms with Gasteiger partial charge in [-0.15, -0.1) is 0 Å². The summed E-state index contributed by atoms with van der Waals surface area (Å²) in [5, 5.41) is 0. The van der Waals surface area contributed by atoms with Gasteiger partial charge in [-0.2, -0.15) is 0 Å². The first-order chi connectivity index (χ1) is 7.47. The van der Waals surface area contributed by atoms with Gasteiger partial charge in [0.05, 0.1) is 0 Å². The third-order valence-corrected chi connectivity index (χ3v) is 3.71. The molecule has 0 bridgehead atoms. The molecule has 98 valence electrons. The number of unbranched alkanes of at least 4 members (excludes halogenated alkanes) is 1. The molecule has 2 atom stereocenters. The van der Waals surface area contributed by atoms with E-state index in [1.54, 1.807) is 0 Å². The molecule has 0 heteroatoms. The Hall–Kier alpha value is 0. The van der Waals surface area contributed by atoms with Gasteiger partial charge in [0, 0.05) is 0 Å². The fourth-order valence-corrected chi connectivity index (χ4v) is 2.54. The lowest BCUT2D eigenvalue weighted by Crippen LogP contribution is -2.15. The molecule has 0 nitrogen and oxygen atoms in total. The summed E-state index contributed by atoms with van der Waals surface area (Å²) < 4.78 is 0. The summed E-state index contributed by atoms with van der Waals surface area (Å²) in [5.41, 5.74) is 0. The Morgan fingerprint density at radius 1 is 0.750 bits per heavy atom. The van der Waals surface area contributed by atoms with Gasteiger partial charge < -0.3 is 0 Å². The van der Waals surface area contributed by atoms with E-state index in [1.165, 1.54) is 38.5 Å². The SMILES string of the molecule is CCCCC(CC(C)C)C(C)CCC(C)C. The number of rotatable bonds is 9. The highest BCUT2D eigenvalue weighted by Crippen LogP contribution is 2.29. The normalized spacial score (nSPS) is 15.8. The Bertz CT molecular complexity index is 146. The topological polar surface area (TPSA) is 0 Å². The lowest BCUT2D eigenvalue weighted by atomic mass is 9.80. The molecule has 0 radical (unpaired) electrons. The Balaban J connectivity index is 4.03. The molecule has 16 heavy (non-hydrogen) atoms. The van der Waals surface area contributed by atoms with Crippen LogP contribution in [0.2, 0.25) is 0 Å². The summed E-state index contributed by atoms with van der Waals surface area (Å²) in [6.07, 6.45) is 8.49. The van der Waals surface area contributed by atoms with Gasteiger partial charge in [0.1, 0.15) is 0 Å². The summed E-state index contributed by atoms with van der Waals surface area (Å²) in [6.45, 7) is 14.2. The quantitative estimate of drug-likeness (QED) is 0.458. The van der Waals surface area contributed by atoms with Crippen molar-refractivity contribution in [2.45, 2.75) is 80.1 Å². The number of hydrogen-bond acceptors (Lipinski definition) is 0. The zero-order valence-corrected chi connectivity index (χ0v) is 12.6. The molecular formula is C16H34. The van der Waals surface area contributed by atoms with Crippen LogP contribution in [0.3, 0.4) is 0 Å². The van der Waals surface area contributed by atoms with Gasteiger partial charge in [-0.25, -0.2) is 0 Å². The van der Waals surface area contributed by atoms with E-state index < -0.39 is 0 Å². The molecular weight excluding hydrogens is 192 g/mol. The van der Waals surface area contributed by atoms with Crippen LogP contribution in [-0.4, -0.2) is 0 Å². The fourth-order valence-electron chi connectivity index (χ4n) is 2.54. The maximum absolute atomic E-state index is 2.48. The van der Waals surface area contributed by atoms with Crippen LogP contribution in [0.4, 0.5) is 0 Å². The second-order valence-electron chi connectivity index (χ2n) is 6.48. The Labute approximate surface area is 104 Å². The first-order valence-corrected chi connectivity index (χ1v) is 7.47. The van der Waals surface area contributed by atoms with Crippen molar-refractivity contribution in [3.8, 4) is 0 Å². The molecule has 0 rings (SSSR count). The van der Waals surface area contributed by atoms with Gasteiger partial charge in [-0.3, -0.25) is 0 Å². The third kappa shape index (κ3) is 8.19. The molecule has 0 fully saturated rings. The van der Waals surface area contributed by atoms with Crippen molar-refractivity contribution in [1.82, 2.24) is 0 Å². The van der Waals surface area contributed by atoms with Crippen LogP contribution in [0.15, 0.2) is 0 Å². The molecule has 0 spiro atoms. The zero-order chi connectivity index (χ0) is 12.6. The van der Waals surface area contributed by atoms with E-state index in [4.69, 9.17) is 0 Å². The summed E-state index contributed by atoms with van der Waals surface area (Å²) in [7, 11) is 0. The predicted octanol–water partition coefficient (Wildman–Crippen LogP) is 5.91. The molecule has 0 N–H and O–H groups in total. The maximum atomic E-state index is 2.48. The summed E-state index contributed by atoms with van der Waals surface area (Å²) in [4.78, 5) is 0. The minimum atomic E-state index is 0.864. The van der Waals surface area contributed by atoms with Crippen molar-refractivity contribution < 1.29 is 0 Å². The second-order valence-corrected chi connectivity index (χ2v) is 6.48. The molecule has 0 aliphatic heterocycles. The van der Waals surface area contributed by atoms with Gasteiger partial charge in [-0.1, -0.05) is 73.6 Å². The molecule has 2 unspecified atom stereocenters. The van der Waals surface area contributed by atoms with Crippen LogP contribution in [-0.2, 0) is 0 Å². The standard InChI is InChI=1S/C16H34/c1-7-8-9-16(12-14(4)5)15(6)11-10-13(2)3/h13-16H,7-12H2,1-6H3. The molecule has 0 heterocycles. The van der Waals surface area contributed by atoms with Gasteiger partial charge in [0.2, 0.25) is 0 Å². The van der Waals surface area contributed by atoms with Crippen molar-refractivity contribution in [3.05, 3.63) is 0 Å². The van der Waals surface area contributed by atoms with E-state index in [0.717, 1.165) is 23.7 Å². The molecule has 0 aromatic rings. The Morgan fingerprint density at radius 2 is 1.38 bits per heavy atom. The maximum Gasteiger partial charge on any atom is -0.0386 e. The lowest BCUT2D eigenvalue weighted by molar-refractivity contribution is 0.252. The van der Waals surface area contributed by atoms with Crippen LogP contribution in [0.1, 0.15) is 80.1 Å². The summed E-state index contributed by atoms with van der Waals surface area (Å²) in [5.74, 6) is 3.63. The average Bonchev–Trinajstić information content (AvgIpc) is 2.20. The average molecular weight is 226 g/mol. The highest BCUT2D eigenvalue weighted by Gasteiger charge is 2.18. The first-order valence-electron chi connectivity index (χ1n) is 7.47. The monoisotopic (exact) mass is 226 g/mol. The molecule has 0 aliphatic carbocycles. The van der Waals surface area contributed by atoms with Crippen molar-refractivity contribution in [2.75, 3.05) is 0 Å². The lowest BCUT2D eigenvalue weighted by Gasteiger charge is -2.26. The Morgan fingerprint density at radius 3 is 1.81 bits per heavy atom. The van der Waals surface area contributed by atoms with Crippen molar-refractivity contribution >= 4 is 0 Å². The summed E-state index contributed by atoms with van der Waals surface area (Å²) >= 11 is 0. The van der Waals surface area contributed by atoms with E-state index in [0.29, 0.717) is 0 Å². The summed E-state index contributed by atoms with van der Waals surface area (Å²) in [6, 6.07) is 0. The van der Waals surface area contributed by atoms with Gasteiger partial charge in [0.25, 0.3) is 0 Å². The highest BCUT2D eigenvalue weighted by molar-refractivity contribution is 4.69. The fraction of sp³-hybridized carbons (Fsp3) is 1.00.